The van der Waals surface area contributed by atoms with Crippen LogP contribution in [-0.4, -0.2) is 50.5 Å². The summed E-state index contributed by atoms with van der Waals surface area (Å²) in [6.07, 6.45) is 3.64. The van der Waals surface area contributed by atoms with E-state index in [0.717, 1.165) is 55.1 Å². The molecule has 6 rings (SSSR count). The number of aromatic nitrogens is 3. The molecule has 180 valence electrons. The molecule has 0 spiro atoms. The molecule has 36 heavy (non-hydrogen) atoms. The number of aryl methyl sites for hydroxylation is 1. The highest BCUT2D eigenvalue weighted by atomic mass is 15.3. The summed E-state index contributed by atoms with van der Waals surface area (Å²) in [4.78, 5) is 14.3. The molecule has 0 aliphatic carbocycles. The van der Waals surface area contributed by atoms with Gasteiger partial charge in [0.1, 0.15) is 5.82 Å². The van der Waals surface area contributed by atoms with Gasteiger partial charge in [-0.25, -0.2) is 4.98 Å². The van der Waals surface area contributed by atoms with Gasteiger partial charge in [-0.3, -0.25) is 14.8 Å². The third kappa shape index (κ3) is 4.55. The molecule has 5 aromatic rings. The average Bonchev–Trinajstić information content (AvgIpc) is 3.27. The lowest BCUT2D eigenvalue weighted by atomic mass is 9.96. The molecule has 5 heteroatoms. The molecule has 0 N–H and O–H groups in total. The first-order valence-electron chi connectivity index (χ1n) is 12.7. The van der Waals surface area contributed by atoms with Crippen molar-refractivity contribution in [2.24, 2.45) is 7.05 Å². The molecule has 0 atom stereocenters. The number of pyridine rings is 1. The second-order valence-electron chi connectivity index (χ2n) is 9.59. The number of hydrogen-bond donors (Lipinski definition) is 0. The second-order valence-corrected chi connectivity index (χ2v) is 9.59. The Labute approximate surface area is 212 Å². The molecule has 1 aliphatic rings. The Hall–Kier alpha value is -3.80. The zero-order valence-electron chi connectivity index (χ0n) is 20.7. The molecule has 0 unspecified atom stereocenters. The fourth-order valence-corrected chi connectivity index (χ4v) is 5.43. The highest BCUT2D eigenvalue weighted by Gasteiger charge is 2.26. The van der Waals surface area contributed by atoms with Gasteiger partial charge in [-0.05, 0) is 41.0 Å². The van der Waals surface area contributed by atoms with E-state index in [1.807, 2.05) is 24.5 Å². The van der Waals surface area contributed by atoms with E-state index in [9.17, 15) is 0 Å². The van der Waals surface area contributed by atoms with Gasteiger partial charge in [0.15, 0.2) is 0 Å². The van der Waals surface area contributed by atoms with Crippen LogP contribution in [0.4, 0.5) is 0 Å². The van der Waals surface area contributed by atoms with Crippen LogP contribution in [0.1, 0.15) is 22.7 Å². The molecule has 1 fully saturated rings. The van der Waals surface area contributed by atoms with Gasteiger partial charge in [-0.1, -0.05) is 66.7 Å². The number of piperazine rings is 1. The van der Waals surface area contributed by atoms with Crippen LogP contribution in [-0.2, 0) is 13.6 Å². The molecular formula is C31H31N5. The normalized spacial score (nSPS) is 15.1. The Morgan fingerprint density at radius 1 is 0.750 bits per heavy atom. The lowest BCUT2D eigenvalue weighted by Crippen LogP contribution is -2.47. The Balaban J connectivity index is 1.17. The largest absolute Gasteiger partial charge is 0.327 e. The van der Waals surface area contributed by atoms with Gasteiger partial charge in [0.05, 0.1) is 17.1 Å². The van der Waals surface area contributed by atoms with Crippen LogP contribution in [0, 0.1) is 0 Å². The predicted octanol–water partition coefficient (Wildman–Crippen LogP) is 5.54. The molecule has 0 radical (unpaired) electrons. The molecular weight excluding hydrogens is 442 g/mol. The maximum absolute atomic E-state index is 4.95. The molecule has 1 saturated heterocycles. The lowest BCUT2D eigenvalue weighted by Gasteiger charge is -2.39. The quantitative estimate of drug-likeness (QED) is 0.324. The van der Waals surface area contributed by atoms with E-state index in [1.54, 1.807) is 0 Å². The van der Waals surface area contributed by atoms with Gasteiger partial charge >= 0.3 is 0 Å². The maximum atomic E-state index is 4.95. The molecule has 1 aliphatic heterocycles. The summed E-state index contributed by atoms with van der Waals surface area (Å²) in [5, 5.41) is 0. The fourth-order valence-electron chi connectivity index (χ4n) is 5.43. The van der Waals surface area contributed by atoms with Crippen molar-refractivity contribution in [2.45, 2.75) is 12.6 Å². The summed E-state index contributed by atoms with van der Waals surface area (Å²) in [6, 6.07) is 32.9. The van der Waals surface area contributed by atoms with Crippen LogP contribution >= 0.6 is 0 Å². The van der Waals surface area contributed by atoms with Crippen molar-refractivity contribution < 1.29 is 0 Å². The predicted molar refractivity (Wildman–Crippen MR) is 146 cm³/mol. The number of hydrogen-bond acceptors (Lipinski definition) is 4. The summed E-state index contributed by atoms with van der Waals surface area (Å²) in [5.41, 5.74) is 7.34. The van der Waals surface area contributed by atoms with E-state index in [1.165, 1.54) is 16.7 Å². The van der Waals surface area contributed by atoms with Crippen molar-refractivity contribution in [1.82, 2.24) is 24.3 Å². The summed E-state index contributed by atoms with van der Waals surface area (Å²) < 4.78 is 2.17. The number of rotatable bonds is 6. The summed E-state index contributed by atoms with van der Waals surface area (Å²) in [6.45, 7) is 5.16. The van der Waals surface area contributed by atoms with Gasteiger partial charge in [0.25, 0.3) is 0 Å². The SMILES string of the molecule is Cn1c(-c2ccncc2)nc2cc(CN3CCN(C(c4ccccc4)c4ccccc4)CC3)ccc21. The topological polar surface area (TPSA) is 37.2 Å². The zero-order chi connectivity index (χ0) is 24.3. The van der Waals surface area contributed by atoms with Gasteiger partial charge < -0.3 is 4.57 Å². The van der Waals surface area contributed by atoms with E-state index < -0.39 is 0 Å². The minimum atomic E-state index is 0.297. The van der Waals surface area contributed by atoms with Gasteiger partial charge in [-0.15, -0.1) is 0 Å². The molecule has 3 heterocycles. The van der Waals surface area contributed by atoms with Crippen LogP contribution in [0.5, 0.6) is 0 Å². The molecule has 0 amide bonds. The van der Waals surface area contributed by atoms with Crippen molar-refractivity contribution in [2.75, 3.05) is 26.2 Å². The number of imidazole rings is 1. The van der Waals surface area contributed by atoms with Crippen LogP contribution < -0.4 is 0 Å². The van der Waals surface area contributed by atoms with E-state index in [4.69, 9.17) is 4.98 Å². The van der Waals surface area contributed by atoms with Crippen LogP contribution in [0.25, 0.3) is 22.4 Å². The summed E-state index contributed by atoms with van der Waals surface area (Å²) in [7, 11) is 2.08. The number of benzene rings is 3. The van der Waals surface area contributed by atoms with Crippen molar-refractivity contribution in [3.8, 4) is 11.4 Å². The van der Waals surface area contributed by atoms with Gasteiger partial charge in [0, 0.05) is 57.7 Å². The van der Waals surface area contributed by atoms with E-state index >= 15 is 0 Å². The highest BCUT2D eigenvalue weighted by Crippen LogP contribution is 2.30. The fraction of sp³-hybridized carbons (Fsp3) is 0.226. The summed E-state index contributed by atoms with van der Waals surface area (Å²) >= 11 is 0. The Morgan fingerprint density at radius 3 is 2.03 bits per heavy atom. The molecule has 0 saturated carbocycles. The zero-order valence-corrected chi connectivity index (χ0v) is 20.7. The minimum Gasteiger partial charge on any atom is -0.327 e. The third-order valence-electron chi connectivity index (χ3n) is 7.29. The van der Waals surface area contributed by atoms with Crippen LogP contribution in [0.2, 0.25) is 0 Å². The number of fused-ring (bicyclic) bond motifs is 1. The first-order valence-corrected chi connectivity index (χ1v) is 12.7. The summed E-state index contributed by atoms with van der Waals surface area (Å²) in [5.74, 6) is 0.978. The third-order valence-corrected chi connectivity index (χ3v) is 7.29. The molecule has 5 nitrogen and oxygen atoms in total. The molecule has 2 aromatic heterocycles. The van der Waals surface area contributed by atoms with E-state index in [-0.39, 0.29) is 0 Å². The second kappa shape index (κ2) is 10.1. The van der Waals surface area contributed by atoms with E-state index in [2.05, 4.69) is 105 Å². The Kier molecular flexibility index (Phi) is 6.33. The van der Waals surface area contributed by atoms with Crippen molar-refractivity contribution in [3.63, 3.8) is 0 Å². The van der Waals surface area contributed by atoms with Crippen molar-refractivity contribution in [3.05, 3.63) is 120 Å². The molecule has 0 bridgehead atoms. The van der Waals surface area contributed by atoms with Crippen LogP contribution in [0.15, 0.2) is 103 Å². The van der Waals surface area contributed by atoms with E-state index in [0.29, 0.717) is 6.04 Å². The minimum absolute atomic E-state index is 0.297. The van der Waals surface area contributed by atoms with Crippen molar-refractivity contribution in [1.29, 1.82) is 0 Å². The van der Waals surface area contributed by atoms with Crippen molar-refractivity contribution >= 4 is 11.0 Å². The lowest BCUT2D eigenvalue weighted by molar-refractivity contribution is 0.105. The Bertz CT molecular complexity index is 1380. The van der Waals surface area contributed by atoms with Gasteiger partial charge in [-0.2, -0.15) is 0 Å². The smallest absolute Gasteiger partial charge is 0.140 e. The first-order chi connectivity index (χ1) is 17.8. The van der Waals surface area contributed by atoms with Crippen LogP contribution in [0.3, 0.4) is 0 Å². The average molecular weight is 474 g/mol. The highest BCUT2D eigenvalue weighted by molar-refractivity contribution is 5.81. The van der Waals surface area contributed by atoms with Gasteiger partial charge in [0.2, 0.25) is 0 Å². The standard InChI is InChI=1S/C31H31N5/c1-34-29-13-12-24(22-28(29)33-31(34)27-14-16-32-17-15-27)23-35-18-20-36(21-19-35)30(25-8-4-2-5-9-25)26-10-6-3-7-11-26/h2-17,22,30H,18-21,23H2,1H3. The number of nitrogens with zero attached hydrogens (tertiary/aromatic N) is 5. The maximum Gasteiger partial charge on any atom is 0.140 e. The monoisotopic (exact) mass is 473 g/mol. The first kappa shape index (κ1) is 22.7. The molecule has 3 aromatic carbocycles. The Morgan fingerprint density at radius 2 is 1.39 bits per heavy atom.